The fraction of sp³-hybridized carbons (Fsp3) is 0.115. The summed E-state index contributed by atoms with van der Waals surface area (Å²) in [5.41, 5.74) is 3.01. The van der Waals surface area contributed by atoms with Crippen LogP contribution in [-0.4, -0.2) is 34.7 Å². The van der Waals surface area contributed by atoms with Crippen LogP contribution in [0.2, 0.25) is 0 Å². The normalized spacial score (nSPS) is 11.2. The van der Waals surface area contributed by atoms with Crippen molar-refractivity contribution in [3.63, 3.8) is 0 Å². The summed E-state index contributed by atoms with van der Waals surface area (Å²) in [6, 6.07) is 19.1. The van der Waals surface area contributed by atoms with Crippen molar-refractivity contribution in [3.05, 3.63) is 105 Å². The van der Waals surface area contributed by atoms with E-state index in [0.717, 1.165) is 18.6 Å². The van der Waals surface area contributed by atoms with Gasteiger partial charge in [0, 0.05) is 17.2 Å². The zero-order valence-electron chi connectivity index (χ0n) is 19.4. The van der Waals surface area contributed by atoms with E-state index in [1.165, 1.54) is 18.4 Å². The van der Waals surface area contributed by atoms with Crippen molar-refractivity contribution < 1.29 is 24.4 Å². The van der Waals surface area contributed by atoms with Gasteiger partial charge in [-0.2, -0.15) is 5.10 Å². The number of hydrogen-bond acceptors (Lipinski definition) is 7. The molecule has 0 aromatic heterocycles. The lowest BCUT2D eigenvalue weighted by Gasteiger charge is -2.10. The van der Waals surface area contributed by atoms with Crippen molar-refractivity contribution in [1.29, 1.82) is 0 Å². The molecule has 36 heavy (non-hydrogen) atoms. The number of ether oxygens (including phenoxy) is 1. The van der Waals surface area contributed by atoms with Crippen molar-refractivity contribution in [3.8, 4) is 11.5 Å². The topological polar surface area (TPSA) is 143 Å². The van der Waals surface area contributed by atoms with Gasteiger partial charge in [-0.25, -0.2) is 5.43 Å². The first-order valence-electron chi connectivity index (χ1n) is 11.0. The molecule has 0 spiro atoms. The predicted molar refractivity (Wildman–Crippen MR) is 135 cm³/mol. The number of phenols is 1. The number of nitro benzene ring substituents is 1. The molecule has 3 aromatic carbocycles. The predicted octanol–water partition coefficient (Wildman–Crippen LogP) is 4.01. The van der Waals surface area contributed by atoms with E-state index in [1.54, 1.807) is 54.6 Å². The van der Waals surface area contributed by atoms with Crippen LogP contribution in [0.3, 0.4) is 0 Å². The molecule has 0 fully saturated rings. The molecule has 3 aromatic rings. The minimum atomic E-state index is -0.732. The molecule has 0 bridgehead atoms. The molecular weight excluding hydrogens is 464 g/mol. The number of phenolic OH excluding ortho intramolecular Hbond substituents is 1. The first-order valence-corrected chi connectivity index (χ1v) is 11.0. The van der Waals surface area contributed by atoms with Crippen molar-refractivity contribution in [2.24, 2.45) is 5.10 Å². The van der Waals surface area contributed by atoms with E-state index >= 15 is 0 Å². The highest BCUT2D eigenvalue weighted by atomic mass is 16.6. The van der Waals surface area contributed by atoms with Gasteiger partial charge < -0.3 is 15.2 Å². The first-order chi connectivity index (χ1) is 17.4. The second kappa shape index (κ2) is 12.5. The number of benzene rings is 3. The van der Waals surface area contributed by atoms with Crippen LogP contribution in [-0.2, 0) is 4.79 Å². The largest absolute Gasteiger partial charge is 0.502 e. The second-order valence-corrected chi connectivity index (χ2v) is 7.50. The number of nitro groups is 1. The number of amides is 2. The molecule has 0 aliphatic heterocycles. The average Bonchev–Trinajstić information content (AvgIpc) is 2.89. The van der Waals surface area contributed by atoms with Crippen LogP contribution >= 0.6 is 0 Å². The smallest absolute Gasteiger partial charge is 0.311 e. The number of nitrogens with zero attached hydrogens (tertiary/aromatic N) is 2. The van der Waals surface area contributed by atoms with Gasteiger partial charge in [-0.15, -0.1) is 0 Å². The molecule has 184 valence electrons. The Bertz CT molecular complexity index is 1290. The maximum atomic E-state index is 12.9. The third-order valence-corrected chi connectivity index (χ3v) is 4.77. The number of carbonyl (C=O) groups excluding carboxylic acids is 2. The molecule has 3 N–H and O–H groups in total. The van der Waals surface area contributed by atoms with Gasteiger partial charge in [0.2, 0.25) is 0 Å². The fourth-order valence-corrected chi connectivity index (χ4v) is 2.98. The molecular formula is C26H24N4O6. The van der Waals surface area contributed by atoms with E-state index in [1.807, 2.05) is 6.92 Å². The Labute approximate surface area is 207 Å². The Morgan fingerprint density at radius 1 is 1.06 bits per heavy atom. The van der Waals surface area contributed by atoms with Crippen molar-refractivity contribution in [2.75, 3.05) is 6.61 Å². The van der Waals surface area contributed by atoms with E-state index in [0.29, 0.717) is 23.5 Å². The summed E-state index contributed by atoms with van der Waals surface area (Å²) in [7, 11) is 0. The van der Waals surface area contributed by atoms with Crippen LogP contribution in [0, 0.1) is 10.1 Å². The molecule has 0 aliphatic carbocycles. The van der Waals surface area contributed by atoms with Crippen molar-refractivity contribution in [2.45, 2.75) is 13.3 Å². The molecule has 10 heteroatoms. The van der Waals surface area contributed by atoms with Gasteiger partial charge in [0.15, 0.2) is 5.75 Å². The minimum Gasteiger partial charge on any atom is -0.502 e. The van der Waals surface area contributed by atoms with Gasteiger partial charge in [0.25, 0.3) is 11.8 Å². The lowest BCUT2D eigenvalue weighted by atomic mass is 10.1. The van der Waals surface area contributed by atoms with E-state index in [2.05, 4.69) is 15.8 Å². The maximum Gasteiger partial charge on any atom is 0.311 e. The summed E-state index contributed by atoms with van der Waals surface area (Å²) in [5, 5.41) is 27.0. The molecule has 0 saturated carbocycles. The van der Waals surface area contributed by atoms with E-state index < -0.39 is 28.2 Å². The molecule has 0 radical (unpaired) electrons. The minimum absolute atomic E-state index is 0.0695. The van der Waals surface area contributed by atoms with Crippen LogP contribution in [0.5, 0.6) is 11.5 Å². The second-order valence-electron chi connectivity index (χ2n) is 7.50. The van der Waals surface area contributed by atoms with E-state index in [9.17, 15) is 24.8 Å². The maximum absolute atomic E-state index is 12.9. The van der Waals surface area contributed by atoms with Gasteiger partial charge in [0.1, 0.15) is 11.4 Å². The zero-order valence-corrected chi connectivity index (χ0v) is 19.4. The standard InChI is InChI=1S/C26H24N4O6/c1-2-14-36-21-11-8-18(9-12-21)15-22(28-25(32)20-6-4-3-5-7-20)26(33)29-27-17-19-10-13-24(31)23(16-19)30(34)35/h3-13,15-17,31H,2,14H2,1H3,(H,28,32)(H,29,33)/b22-15?,27-17+. The van der Waals surface area contributed by atoms with E-state index in [4.69, 9.17) is 4.74 Å². The van der Waals surface area contributed by atoms with Crippen molar-refractivity contribution in [1.82, 2.24) is 10.7 Å². The number of hydrazone groups is 1. The first kappa shape index (κ1) is 25.6. The van der Waals surface area contributed by atoms with Gasteiger partial charge in [0.05, 0.1) is 17.7 Å². The lowest BCUT2D eigenvalue weighted by molar-refractivity contribution is -0.385. The van der Waals surface area contributed by atoms with Crippen LogP contribution in [0.4, 0.5) is 5.69 Å². The molecule has 0 atom stereocenters. The highest BCUT2D eigenvalue weighted by Gasteiger charge is 2.15. The number of aromatic hydroxyl groups is 1. The SMILES string of the molecule is CCCOc1ccc(C=C(NC(=O)c2ccccc2)C(=O)N/N=C/c2ccc(O)c([N+](=O)[O-])c2)cc1. The Morgan fingerprint density at radius 3 is 2.42 bits per heavy atom. The van der Waals surface area contributed by atoms with Crippen molar-refractivity contribution >= 4 is 29.8 Å². The highest BCUT2D eigenvalue weighted by molar-refractivity contribution is 6.05. The molecule has 2 amide bonds. The van der Waals surface area contributed by atoms with Gasteiger partial charge in [-0.3, -0.25) is 19.7 Å². The van der Waals surface area contributed by atoms with Crippen LogP contribution in [0.25, 0.3) is 6.08 Å². The van der Waals surface area contributed by atoms with Gasteiger partial charge in [-0.05, 0) is 54.5 Å². The average molecular weight is 489 g/mol. The molecule has 0 saturated heterocycles. The Kier molecular flexibility index (Phi) is 8.88. The lowest BCUT2D eigenvalue weighted by Crippen LogP contribution is -2.32. The molecule has 3 rings (SSSR count). The Hall–Kier alpha value is -4.99. The summed E-state index contributed by atoms with van der Waals surface area (Å²) in [5.74, 6) is -1.00. The highest BCUT2D eigenvalue weighted by Crippen LogP contribution is 2.25. The van der Waals surface area contributed by atoms with E-state index in [-0.39, 0.29) is 11.3 Å². The number of carbonyl (C=O) groups is 2. The summed E-state index contributed by atoms with van der Waals surface area (Å²) < 4.78 is 5.56. The Morgan fingerprint density at radius 2 is 1.75 bits per heavy atom. The van der Waals surface area contributed by atoms with Gasteiger partial charge >= 0.3 is 5.69 Å². The molecule has 0 aliphatic rings. The summed E-state index contributed by atoms with van der Waals surface area (Å²) in [6.07, 6.45) is 3.54. The monoisotopic (exact) mass is 488 g/mol. The van der Waals surface area contributed by atoms with Crippen LogP contribution in [0.1, 0.15) is 34.8 Å². The summed E-state index contributed by atoms with van der Waals surface area (Å²) in [4.78, 5) is 35.8. The number of nitrogens with one attached hydrogen (secondary N) is 2. The fourth-order valence-electron chi connectivity index (χ4n) is 2.98. The van der Waals surface area contributed by atoms with Gasteiger partial charge in [-0.1, -0.05) is 37.3 Å². The Balaban J connectivity index is 1.80. The summed E-state index contributed by atoms with van der Waals surface area (Å²) >= 11 is 0. The van der Waals surface area contributed by atoms with Crippen LogP contribution in [0.15, 0.2) is 83.6 Å². The number of hydrogen-bond donors (Lipinski definition) is 3. The third-order valence-electron chi connectivity index (χ3n) is 4.77. The molecule has 0 unspecified atom stereocenters. The quantitative estimate of drug-likeness (QED) is 0.170. The summed E-state index contributed by atoms with van der Waals surface area (Å²) in [6.45, 7) is 2.58. The third kappa shape index (κ3) is 7.26. The zero-order chi connectivity index (χ0) is 25.9. The van der Waals surface area contributed by atoms with Crippen LogP contribution < -0.4 is 15.5 Å². The number of rotatable bonds is 10. The molecule has 10 nitrogen and oxygen atoms in total. The molecule has 0 heterocycles.